The van der Waals surface area contributed by atoms with E-state index in [1.807, 2.05) is 38.3 Å². The summed E-state index contributed by atoms with van der Waals surface area (Å²) < 4.78 is 0. The summed E-state index contributed by atoms with van der Waals surface area (Å²) in [6.07, 6.45) is 8.09. The lowest BCUT2D eigenvalue weighted by Crippen LogP contribution is -2.24. The molecule has 0 saturated heterocycles. The van der Waals surface area contributed by atoms with Crippen molar-refractivity contribution >= 4 is 0 Å². The van der Waals surface area contributed by atoms with E-state index in [2.05, 4.69) is 25.3 Å². The van der Waals surface area contributed by atoms with Crippen LogP contribution in [0.2, 0.25) is 0 Å². The first-order valence-electron chi connectivity index (χ1n) is 4.54. The van der Waals surface area contributed by atoms with Gasteiger partial charge in [-0.2, -0.15) is 0 Å². The second-order valence-corrected chi connectivity index (χ2v) is 2.69. The van der Waals surface area contributed by atoms with Gasteiger partial charge in [-0.3, -0.25) is 0 Å². The van der Waals surface area contributed by atoms with E-state index < -0.39 is 0 Å². The van der Waals surface area contributed by atoms with Crippen LogP contribution in [0.25, 0.3) is 0 Å². The van der Waals surface area contributed by atoms with Gasteiger partial charge < -0.3 is 4.90 Å². The molecule has 1 nitrogen and oxygen atoms in total. The van der Waals surface area contributed by atoms with E-state index >= 15 is 0 Å². The quantitative estimate of drug-likeness (QED) is 0.576. The molecule has 0 radical (unpaired) electrons. The molecule has 1 rings (SSSR count). The number of allylic oxidation sites excluding steroid dienone is 3. The Morgan fingerprint density at radius 1 is 1.25 bits per heavy atom. The van der Waals surface area contributed by atoms with Gasteiger partial charge in [-0.15, -0.1) is 0 Å². The normalized spacial score (nSPS) is 14.8. The summed E-state index contributed by atoms with van der Waals surface area (Å²) in [5.41, 5.74) is 1.07. The Hall–Kier alpha value is -0.980. The van der Waals surface area contributed by atoms with Crippen molar-refractivity contribution in [1.82, 2.24) is 4.90 Å². The Morgan fingerprint density at radius 2 is 1.83 bits per heavy atom. The lowest BCUT2D eigenvalue weighted by molar-refractivity contribution is 0.394. The maximum atomic E-state index is 3.90. The molecule has 0 atom stereocenters. The van der Waals surface area contributed by atoms with Crippen molar-refractivity contribution < 1.29 is 0 Å². The van der Waals surface area contributed by atoms with Crippen molar-refractivity contribution in [2.45, 2.75) is 33.7 Å². The van der Waals surface area contributed by atoms with Gasteiger partial charge in [0.2, 0.25) is 0 Å². The van der Waals surface area contributed by atoms with Crippen molar-refractivity contribution in [2.75, 3.05) is 0 Å². The largest absolute Gasteiger partial charge is 0.346 e. The highest BCUT2D eigenvalue weighted by molar-refractivity contribution is 5.25. The van der Waals surface area contributed by atoms with Gasteiger partial charge >= 0.3 is 0 Å². The molecule has 0 aromatic rings. The molecule has 0 bridgehead atoms. The standard InChI is InChI=1S/C9H13N.C2H6/c1-8(2)10-7-5-4-6-9(10)3;1-2/h4-8H,3H2,1-2H3;1-2H3. The molecule has 68 valence electrons. The Labute approximate surface area is 76.1 Å². The van der Waals surface area contributed by atoms with Crippen LogP contribution in [-0.2, 0) is 0 Å². The number of nitrogens with zero attached hydrogens (tertiary/aromatic N) is 1. The Balaban J connectivity index is 0.000000561. The molecule has 12 heavy (non-hydrogen) atoms. The molecule has 0 aromatic heterocycles. The van der Waals surface area contributed by atoms with Crippen LogP contribution in [0.15, 0.2) is 36.7 Å². The minimum atomic E-state index is 0.508. The summed E-state index contributed by atoms with van der Waals surface area (Å²) in [5, 5.41) is 0. The monoisotopic (exact) mass is 165 g/mol. The zero-order valence-corrected chi connectivity index (χ0v) is 8.54. The highest BCUT2D eigenvalue weighted by atomic mass is 15.1. The fourth-order valence-electron chi connectivity index (χ4n) is 0.995. The van der Waals surface area contributed by atoms with Crippen LogP contribution in [0, 0.1) is 0 Å². The SMILES string of the molecule is C=C1C=CC=CN1C(C)C.CC. The van der Waals surface area contributed by atoms with Gasteiger partial charge in [0.25, 0.3) is 0 Å². The van der Waals surface area contributed by atoms with Gasteiger partial charge in [0.1, 0.15) is 0 Å². The lowest BCUT2D eigenvalue weighted by Gasteiger charge is -2.26. The zero-order valence-electron chi connectivity index (χ0n) is 8.54. The zero-order chi connectivity index (χ0) is 9.56. The minimum Gasteiger partial charge on any atom is -0.346 e. The highest BCUT2D eigenvalue weighted by Crippen LogP contribution is 2.12. The highest BCUT2D eigenvalue weighted by Gasteiger charge is 2.06. The minimum absolute atomic E-state index is 0.508. The van der Waals surface area contributed by atoms with Crippen LogP contribution in [-0.4, -0.2) is 10.9 Å². The molecule has 0 amide bonds. The fourth-order valence-corrected chi connectivity index (χ4v) is 0.995. The number of rotatable bonds is 1. The van der Waals surface area contributed by atoms with Crippen LogP contribution in [0.4, 0.5) is 0 Å². The summed E-state index contributed by atoms with van der Waals surface area (Å²) in [6.45, 7) is 12.2. The van der Waals surface area contributed by atoms with Crippen molar-refractivity contribution in [3.63, 3.8) is 0 Å². The molecular formula is C11H19N. The summed E-state index contributed by atoms with van der Waals surface area (Å²) in [5.74, 6) is 0. The van der Waals surface area contributed by atoms with Gasteiger partial charge in [0, 0.05) is 17.9 Å². The second-order valence-electron chi connectivity index (χ2n) is 2.69. The van der Waals surface area contributed by atoms with Crippen molar-refractivity contribution in [3.05, 3.63) is 36.7 Å². The van der Waals surface area contributed by atoms with Gasteiger partial charge in [0.15, 0.2) is 0 Å². The molecule has 1 heteroatoms. The number of hydrogen-bond donors (Lipinski definition) is 0. The van der Waals surface area contributed by atoms with Crippen LogP contribution < -0.4 is 0 Å². The predicted molar refractivity (Wildman–Crippen MR) is 55.7 cm³/mol. The first-order valence-corrected chi connectivity index (χ1v) is 4.54. The second kappa shape index (κ2) is 5.64. The molecule has 0 fully saturated rings. The van der Waals surface area contributed by atoms with Crippen molar-refractivity contribution in [2.24, 2.45) is 0 Å². The van der Waals surface area contributed by atoms with E-state index in [-0.39, 0.29) is 0 Å². The summed E-state index contributed by atoms with van der Waals surface area (Å²) >= 11 is 0. The third-order valence-corrected chi connectivity index (χ3v) is 1.53. The predicted octanol–water partition coefficient (Wildman–Crippen LogP) is 3.32. The fraction of sp³-hybridized carbons (Fsp3) is 0.455. The maximum absolute atomic E-state index is 3.90. The van der Waals surface area contributed by atoms with Gasteiger partial charge in [-0.05, 0) is 26.0 Å². The summed E-state index contributed by atoms with van der Waals surface area (Å²) in [4.78, 5) is 2.14. The van der Waals surface area contributed by atoms with E-state index in [1.165, 1.54) is 0 Å². The van der Waals surface area contributed by atoms with Crippen molar-refractivity contribution in [3.8, 4) is 0 Å². The lowest BCUT2D eigenvalue weighted by atomic mass is 10.2. The van der Waals surface area contributed by atoms with Gasteiger partial charge in [0.05, 0.1) is 0 Å². The average Bonchev–Trinajstić information content (AvgIpc) is 2.08. The van der Waals surface area contributed by atoms with E-state index in [1.54, 1.807) is 0 Å². The first-order chi connectivity index (χ1) is 5.72. The molecular weight excluding hydrogens is 146 g/mol. The topological polar surface area (TPSA) is 3.24 Å². The van der Waals surface area contributed by atoms with E-state index in [0.29, 0.717) is 6.04 Å². The molecule has 0 aromatic carbocycles. The molecule has 0 saturated carbocycles. The van der Waals surface area contributed by atoms with Crippen LogP contribution in [0.5, 0.6) is 0 Å². The molecule has 0 unspecified atom stereocenters. The molecule has 1 aliphatic rings. The maximum Gasteiger partial charge on any atom is 0.0335 e. The molecule has 0 spiro atoms. The average molecular weight is 165 g/mol. The number of hydrogen-bond acceptors (Lipinski definition) is 1. The van der Waals surface area contributed by atoms with Crippen LogP contribution >= 0.6 is 0 Å². The van der Waals surface area contributed by atoms with E-state index in [4.69, 9.17) is 0 Å². The summed E-state index contributed by atoms with van der Waals surface area (Å²) in [7, 11) is 0. The Kier molecular flexibility index (Phi) is 5.18. The molecule has 1 heterocycles. The van der Waals surface area contributed by atoms with Gasteiger partial charge in [-0.1, -0.05) is 26.5 Å². The van der Waals surface area contributed by atoms with E-state index in [9.17, 15) is 0 Å². The van der Waals surface area contributed by atoms with Crippen LogP contribution in [0.3, 0.4) is 0 Å². The molecule has 0 aliphatic carbocycles. The molecule has 1 aliphatic heterocycles. The summed E-state index contributed by atoms with van der Waals surface area (Å²) in [6, 6.07) is 0.508. The van der Waals surface area contributed by atoms with Crippen LogP contribution in [0.1, 0.15) is 27.7 Å². The van der Waals surface area contributed by atoms with Gasteiger partial charge in [-0.25, -0.2) is 0 Å². The Morgan fingerprint density at radius 3 is 2.17 bits per heavy atom. The van der Waals surface area contributed by atoms with E-state index in [0.717, 1.165) is 5.70 Å². The Bertz CT molecular complexity index is 187. The van der Waals surface area contributed by atoms with Crippen molar-refractivity contribution in [1.29, 1.82) is 0 Å². The first kappa shape index (κ1) is 11.0. The smallest absolute Gasteiger partial charge is 0.0335 e. The third kappa shape index (κ3) is 2.95. The molecule has 0 N–H and O–H groups in total. The third-order valence-electron chi connectivity index (χ3n) is 1.53.